The smallest absolute Gasteiger partial charge is 0.258 e. The van der Waals surface area contributed by atoms with Gasteiger partial charge in [-0.3, -0.25) is 0 Å². The van der Waals surface area contributed by atoms with E-state index < -0.39 is 23.2 Å². The molecular formula is C27H19BBrF2NO3. The molecule has 35 heavy (non-hydrogen) atoms. The lowest BCUT2D eigenvalue weighted by molar-refractivity contribution is -0.110. The summed E-state index contributed by atoms with van der Waals surface area (Å²) in [6.07, 6.45) is 2.56. The van der Waals surface area contributed by atoms with Crippen molar-refractivity contribution in [3.63, 3.8) is 0 Å². The number of aromatic hydroxyl groups is 1. The Morgan fingerprint density at radius 2 is 1.86 bits per heavy atom. The molecule has 2 atom stereocenters. The summed E-state index contributed by atoms with van der Waals surface area (Å²) in [5.74, 6) is -3.63. The van der Waals surface area contributed by atoms with Crippen LogP contribution in [0.25, 0.3) is 11.1 Å². The minimum Gasteiger partial charge on any atom is -0.493 e. The predicted octanol–water partition coefficient (Wildman–Crippen LogP) is 5.64. The maximum absolute atomic E-state index is 15.2. The van der Waals surface area contributed by atoms with E-state index >= 15 is 4.39 Å². The Morgan fingerprint density at radius 3 is 2.51 bits per heavy atom. The van der Waals surface area contributed by atoms with E-state index in [9.17, 15) is 14.3 Å². The van der Waals surface area contributed by atoms with E-state index in [1.807, 2.05) is 24.3 Å². The molecule has 2 aromatic carbocycles. The topological polar surface area (TPSA) is 59.4 Å². The molecule has 0 saturated carbocycles. The maximum Gasteiger partial charge on any atom is 0.258 e. The zero-order valence-electron chi connectivity index (χ0n) is 18.6. The van der Waals surface area contributed by atoms with Crippen molar-refractivity contribution in [3.8, 4) is 17.0 Å². The van der Waals surface area contributed by atoms with Crippen molar-refractivity contribution in [1.29, 1.82) is 0 Å². The minimum absolute atomic E-state index is 0.275. The first-order chi connectivity index (χ1) is 16.9. The average Bonchev–Trinajstić information content (AvgIpc) is 2.87. The Hall–Kier alpha value is -3.54. The number of benzene rings is 2. The van der Waals surface area contributed by atoms with Gasteiger partial charge in [-0.2, -0.15) is 0 Å². The number of aldehydes is 1. The van der Waals surface area contributed by atoms with Gasteiger partial charge in [0.1, 0.15) is 11.9 Å². The van der Waals surface area contributed by atoms with Crippen molar-refractivity contribution in [2.24, 2.45) is 0 Å². The van der Waals surface area contributed by atoms with Crippen LogP contribution >= 0.6 is 15.9 Å². The number of aromatic nitrogens is 1. The Bertz CT molecular complexity index is 1400. The second-order valence-electron chi connectivity index (χ2n) is 7.90. The average molecular weight is 534 g/mol. The van der Waals surface area contributed by atoms with Crippen molar-refractivity contribution < 1.29 is 23.3 Å². The zero-order chi connectivity index (χ0) is 25.0. The Labute approximate surface area is 210 Å². The number of hydrogen-bond donors (Lipinski definition) is 1. The molecule has 0 fully saturated rings. The van der Waals surface area contributed by atoms with Gasteiger partial charge in [0.2, 0.25) is 5.88 Å². The number of hydrogen-bond acceptors (Lipinski definition) is 4. The molecule has 8 heteroatoms. The van der Waals surface area contributed by atoms with Crippen LogP contribution in [0, 0.1) is 0 Å². The van der Waals surface area contributed by atoms with Crippen LogP contribution in [0.4, 0.5) is 8.78 Å². The van der Waals surface area contributed by atoms with Crippen molar-refractivity contribution in [3.05, 3.63) is 117 Å². The Kier molecular flexibility index (Phi) is 7.30. The number of carbonyl (C=O) groups is 1. The molecule has 0 amide bonds. The molecule has 0 bridgehead atoms. The molecule has 3 aromatic rings. The molecule has 1 heterocycles. The highest BCUT2D eigenvalue weighted by Gasteiger charge is 2.47. The lowest BCUT2D eigenvalue weighted by Gasteiger charge is -2.40. The summed E-state index contributed by atoms with van der Waals surface area (Å²) >= 11 is 3.41. The zero-order valence-corrected chi connectivity index (χ0v) is 20.2. The lowest BCUT2D eigenvalue weighted by Crippen LogP contribution is -2.42. The van der Waals surface area contributed by atoms with Crippen LogP contribution in [0.5, 0.6) is 5.88 Å². The summed E-state index contributed by atoms with van der Waals surface area (Å²) in [5.41, 5.74) is 5.38. The summed E-state index contributed by atoms with van der Waals surface area (Å²) in [4.78, 5) is 16.1. The largest absolute Gasteiger partial charge is 0.493 e. The van der Waals surface area contributed by atoms with Gasteiger partial charge in [0.05, 0.1) is 5.57 Å². The molecule has 0 radical (unpaired) electrons. The van der Waals surface area contributed by atoms with Crippen molar-refractivity contribution in [2.45, 2.75) is 17.9 Å². The van der Waals surface area contributed by atoms with Crippen molar-refractivity contribution >= 4 is 30.3 Å². The van der Waals surface area contributed by atoms with Gasteiger partial charge in [0.25, 0.3) is 8.05 Å². The fourth-order valence-electron chi connectivity index (χ4n) is 4.32. The van der Waals surface area contributed by atoms with Gasteiger partial charge in [-0.1, -0.05) is 69.9 Å². The highest BCUT2D eigenvalue weighted by atomic mass is 79.9. The van der Waals surface area contributed by atoms with Crippen molar-refractivity contribution in [1.82, 2.24) is 4.98 Å². The monoisotopic (exact) mass is 533 g/mol. The highest BCUT2D eigenvalue weighted by Crippen LogP contribution is 2.49. The Balaban J connectivity index is 2.03. The fourth-order valence-corrected chi connectivity index (χ4v) is 4.59. The number of rotatable bonds is 8. The van der Waals surface area contributed by atoms with E-state index in [0.717, 1.165) is 16.1 Å². The number of halogens is 3. The summed E-state index contributed by atoms with van der Waals surface area (Å²) in [5, 5.41) is 10.9. The van der Waals surface area contributed by atoms with E-state index in [1.54, 1.807) is 36.4 Å². The molecule has 1 aliphatic rings. The molecule has 0 aliphatic heterocycles. The summed E-state index contributed by atoms with van der Waals surface area (Å²) in [6, 6.07) is 18.1. The van der Waals surface area contributed by atoms with E-state index in [4.69, 9.17) is 4.65 Å². The molecule has 0 saturated heterocycles. The number of allylic oxidation sites excluding steroid dienone is 2. The third kappa shape index (κ3) is 4.70. The van der Waals surface area contributed by atoms with E-state index in [0.29, 0.717) is 17.4 Å². The summed E-state index contributed by atoms with van der Waals surface area (Å²) in [7, 11) is 1.31. The van der Waals surface area contributed by atoms with Crippen LogP contribution < -0.4 is 0 Å². The highest BCUT2D eigenvalue weighted by molar-refractivity contribution is 9.10. The molecule has 1 N–H and O–H groups in total. The van der Waals surface area contributed by atoms with Gasteiger partial charge in [-0.25, -0.2) is 13.8 Å². The molecule has 2 unspecified atom stereocenters. The molecule has 4 nitrogen and oxygen atoms in total. The van der Waals surface area contributed by atoms with E-state index in [-0.39, 0.29) is 23.4 Å². The van der Waals surface area contributed by atoms with E-state index in [1.165, 1.54) is 14.2 Å². The van der Waals surface area contributed by atoms with Crippen molar-refractivity contribution in [2.75, 3.05) is 0 Å². The second-order valence-corrected chi connectivity index (χ2v) is 8.82. The number of pyridine rings is 1. The number of nitrogens with zero attached hydrogens (tertiary/aromatic N) is 1. The van der Waals surface area contributed by atoms with Gasteiger partial charge in [0, 0.05) is 40.2 Å². The van der Waals surface area contributed by atoms with Gasteiger partial charge < -0.3 is 14.6 Å². The standard InChI is InChI=1S/C27H19BBrF2NO3/c28-35-27(13-14-33,22-7-4-8-23(30)25(22)31)24(18-5-2-1-3-6-18)21-15-19(16-32-26(21)34)17-9-11-20(29)12-10-17/h1-3,5-6,8-12,14-16,24H,13,28H2,(H,32,34). The SMILES string of the molecule is BOC(CC=O)(C1=C=C=CC(F)=C1F)C(c1ccccc1)c1cc(-c2ccc(Br)cc2)cnc1O. The third-order valence-corrected chi connectivity index (χ3v) is 6.51. The first kappa shape index (κ1) is 24.6. The van der Waals surface area contributed by atoms with Crippen LogP contribution in [0.3, 0.4) is 0 Å². The molecular weight excluding hydrogens is 515 g/mol. The van der Waals surface area contributed by atoms with Crippen LogP contribution in [0.15, 0.2) is 106 Å². The molecule has 4 rings (SSSR count). The van der Waals surface area contributed by atoms with Crippen LogP contribution in [-0.4, -0.2) is 30.0 Å². The van der Waals surface area contributed by atoms with Crippen LogP contribution in [0.1, 0.15) is 23.5 Å². The lowest BCUT2D eigenvalue weighted by atomic mass is 9.70. The first-order valence-electron chi connectivity index (χ1n) is 10.7. The summed E-state index contributed by atoms with van der Waals surface area (Å²) < 4.78 is 36.2. The quantitative estimate of drug-likeness (QED) is 0.231. The summed E-state index contributed by atoms with van der Waals surface area (Å²) in [6.45, 7) is 0. The Morgan fingerprint density at radius 1 is 1.14 bits per heavy atom. The molecule has 174 valence electrons. The van der Waals surface area contributed by atoms with Crippen LogP contribution in [-0.2, 0) is 9.45 Å². The fraction of sp³-hybridized carbons (Fsp3) is 0.111. The molecule has 0 spiro atoms. The predicted molar refractivity (Wildman–Crippen MR) is 135 cm³/mol. The second kappa shape index (κ2) is 10.4. The van der Waals surface area contributed by atoms with Gasteiger partial charge >= 0.3 is 0 Å². The maximum atomic E-state index is 15.2. The minimum atomic E-state index is -1.76. The molecule has 1 aromatic heterocycles. The molecule has 1 aliphatic carbocycles. The van der Waals surface area contributed by atoms with Gasteiger partial charge in [-0.05, 0) is 29.3 Å². The number of carbonyl (C=O) groups excluding carboxylic acids is 1. The van der Waals surface area contributed by atoms with Gasteiger partial charge in [-0.15, -0.1) is 0 Å². The van der Waals surface area contributed by atoms with Gasteiger partial charge in [0.15, 0.2) is 11.7 Å². The van der Waals surface area contributed by atoms with Crippen LogP contribution in [0.2, 0.25) is 0 Å². The van der Waals surface area contributed by atoms with E-state index in [2.05, 4.69) is 32.4 Å². The third-order valence-electron chi connectivity index (χ3n) is 5.98. The first-order valence-corrected chi connectivity index (χ1v) is 11.5. The normalized spacial score (nSPS) is 15.5.